The quantitative estimate of drug-likeness (QED) is 0.776. The zero-order chi connectivity index (χ0) is 18.8. The monoisotopic (exact) mass is 361 g/mol. The lowest BCUT2D eigenvalue weighted by Gasteiger charge is -2.20. The Kier molecular flexibility index (Phi) is 4.75. The fourth-order valence-electron chi connectivity index (χ4n) is 3.82. The molecule has 1 aliphatic rings. The zero-order valence-electron chi connectivity index (χ0n) is 15.4. The molecule has 1 aliphatic carbocycles. The maximum Gasteiger partial charge on any atom is 0.242 e. The Morgan fingerprint density at radius 3 is 2.78 bits per heavy atom. The average Bonchev–Trinajstić information content (AvgIpc) is 2.70. The maximum absolute atomic E-state index is 12.6. The molecule has 1 atom stereocenters. The van der Waals surface area contributed by atoms with Gasteiger partial charge in [-0.25, -0.2) is 0 Å². The zero-order valence-corrected chi connectivity index (χ0v) is 15.4. The molecule has 0 fully saturated rings. The van der Waals surface area contributed by atoms with E-state index < -0.39 is 0 Å². The summed E-state index contributed by atoms with van der Waals surface area (Å²) in [6.45, 7) is 2.08. The largest absolute Gasteiger partial charge is 0.348 e. The van der Waals surface area contributed by atoms with Crippen molar-refractivity contribution in [1.29, 1.82) is 0 Å². The first kappa shape index (κ1) is 17.5. The van der Waals surface area contributed by atoms with Crippen molar-refractivity contribution in [1.82, 2.24) is 15.1 Å². The van der Waals surface area contributed by atoms with Gasteiger partial charge < -0.3 is 5.32 Å². The molecule has 1 heterocycles. The number of para-hydroxylation sites is 1. The van der Waals surface area contributed by atoms with Crippen LogP contribution in [-0.4, -0.2) is 15.7 Å². The molecule has 27 heavy (non-hydrogen) atoms. The van der Waals surface area contributed by atoms with Crippen molar-refractivity contribution < 1.29 is 4.79 Å². The van der Waals surface area contributed by atoms with E-state index >= 15 is 0 Å². The summed E-state index contributed by atoms with van der Waals surface area (Å²) >= 11 is 0. The number of nitrogens with zero attached hydrogens (tertiary/aromatic N) is 2. The second-order valence-corrected chi connectivity index (χ2v) is 7.21. The fraction of sp³-hybridized carbons (Fsp3) is 0.318. The van der Waals surface area contributed by atoms with Crippen LogP contribution in [0.5, 0.6) is 0 Å². The SMILES string of the molecule is CC(NC(=O)Cn1ncc(=O)c2ccccc21)c1ccc2c(c1)CCCC2. The summed E-state index contributed by atoms with van der Waals surface area (Å²) in [6.07, 6.45) is 6.04. The third-order valence-corrected chi connectivity index (χ3v) is 5.31. The first-order valence-electron chi connectivity index (χ1n) is 9.48. The van der Waals surface area contributed by atoms with E-state index in [2.05, 4.69) is 28.6 Å². The van der Waals surface area contributed by atoms with Crippen LogP contribution in [0.2, 0.25) is 0 Å². The number of benzene rings is 2. The Balaban J connectivity index is 1.50. The number of aromatic nitrogens is 2. The lowest BCUT2D eigenvalue weighted by atomic mass is 9.89. The number of carbonyl (C=O) groups excluding carboxylic acids is 1. The molecule has 1 amide bonds. The molecule has 1 unspecified atom stereocenters. The Bertz CT molecular complexity index is 1050. The van der Waals surface area contributed by atoms with Gasteiger partial charge in [0.1, 0.15) is 6.54 Å². The van der Waals surface area contributed by atoms with Gasteiger partial charge in [0.2, 0.25) is 11.3 Å². The van der Waals surface area contributed by atoms with Gasteiger partial charge in [-0.3, -0.25) is 14.3 Å². The first-order chi connectivity index (χ1) is 13.1. The second kappa shape index (κ2) is 7.35. The molecule has 4 rings (SSSR count). The second-order valence-electron chi connectivity index (χ2n) is 7.21. The molecule has 0 saturated carbocycles. The number of amides is 1. The van der Waals surface area contributed by atoms with E-state index in [4.69, 9.17) is 0 Å². The van der Waals surface area contributed by atoms with Gasteiger partial charge in [0.25, 0.3) is 0 Å². The smallest absolute Gasteiger partial charge is 0.242 e. The molecule has 0 bridgehead atoms. The van der Waals surface area contributed by atoms with Gasteiger partial charge in [-0.1, -0.05) is 30.3 Å². The predicted molar refractivity (Wildman–Crippen MR) is 106 cm³/mol. The molecule has 1 N–H and O–H groups in total. The number of carbonyl (C=O) groups is 1. The summed E-state index contributed by atoms with van der Waals surface area (Å²) in [4.78, 5) is 24.5. The maximum atomic E-state index is 12.6. The highest BCUT2D eigenvalue weighted by atomic mass is 16.2. The van der Waals surface area contributed by atoms with Crippen molar-refractivity contribution in [3.8, 4) is 0 Å². The number of aryl methyl sites for hydroxylation is 2. The van der Waals surface area contributed by atoms with Crippen LogP contribution in [0.15, 0.2) is 53.5 Å². The normalized spacial score (nSPS) is 14.6. The Morgan fingerprint density at radius 1 is 1.15 bits per heavy atom. The third-order valence-electron chi connectivity index (χ3n) is 5.31. The van der Waals surface area contributed by atoms with Gasteiger partial charge >= 0.3 is 0 Å². The minimum atomic E-state index is -0.135. The number of hydrogen-bond acceptors (Lipinski definition) is 3. The third kappa shape index (κ3) is 3.63. The molecule has 138 valence electrons. The van der Waals surface area contributed by atoms with E-state index in [1.165, 1.54) is 30.2 Å². The van der Waals surface area contributed by atoms with Crippen LogP contribution in [0.1, 0.15) is 42.5 Å². The van der Waals surface area contributed by atoms with Gasteiger partial charge in [-0.2, -0.15) is 5.10 Å². The topological polar surface area (TPSA) is 64.0 Å². The average molecular weight is 361 g/mol. The van der Waals surface area contributed by atoms with Crippen LogP contribution in [0.3, 0.4) is 0 Å². The van der Waals surface area contributed by atoms with Gasteiger partial charge in [-0.15, -0.1) is 0 Å². The Hall–Kier alpha value is -2.95. The summed E-state index contributed by atoms with van der Waals surface area (Å²) in [5.74, 6) is -0.124. The standard InChI is InChI=1S/C22H23N3O2/c1-15(17-11-10-16-6-2-3-7-18(16)12-17)24-22(27)14-25-20-9-5-4-8-19(20)21(26)13-23-25/h4-5,8-13,15H,2-3,6-7,14H2,1H3,(H,24,27). The molecule has 5 heteroatoms. The summed E-state index contributed by atoms with van der Waals surface area (Å²) in [5.41, 5.74) is 4.51. The van der Waals surface area contributed by atoms with Crippen molar-refractivity contribution in [2.75, 3.05) is 0 Å². The molecule has 0 spiro atoms. The van der Waals surface area contributed by atoms with Crippen LogP contribution < -0.4 is 10.7 Å². The van der Waals surface area contributed by atoms with Crippen LogP contribution in [0.25, 0.3) is 10.9 Å². The van der Waals surface area contributed by atoms with Gasteiger partial charge in [0.15, 0.2) is 0 Å². The lowest BCUT2D eigenvalue weighted by molar-refractivity contribution is -0.122. The van der Waals surface area contributed by atoms with Crippen LogP contribution in [-0.2, 0) is 24.2 Å². The summed E-state index contributed by atoms with van der Waals surface area (Å²) < 4.78 is 1.58. The fourth-order valence-corrected chi connectivity index (χ4v) is 3.82. The van der Waals surface area contributed by atoms with Crippen molar-refractivity contribution in [2.45, 2.75) is 45.2 Å². The number of hydrogen-bond donors (Lipinski definition) is 1. The van der Waals surface area contributed by atoms with Crippen molar-refractivity contribution in [2.24, 2.45) is 0 Å². The predicted octanol–water partition coefficient (Wildman–Crippen LogP) is 3.15. The highest BCUT2D eigenvalue weighted by Gasteiger charge is 2.15. The van der Waals surface area contributed by atoms with Crippen molar-refractivity contribution in [3.05, 3.63) is 75.6 Å². The van der Waals surface area contributed by atoms with Crippen LogP contribution >= 0.6 is 0 Å². The summed E-state index contributed by atoms with van der Waals surface area (Å²) in [5, 5.41) is 7.75. The van der Waals surface area contributed by atoms with E-state index in [-0.39, 0.29) is 23.9 Å². The highest BCUT2D eigenvalue weighted by Crippen LogP contribution is 2.24. The number of rotatable bonds is 4. The number of nitrogens with one attached hydrogen (secondary N) is 1. The number of fused-ring (bicyclic) bond motifs is 2. The van der Waals surface area contributed by atoms with Crippen LogP contribution in [0, 0.1) is 0 Å². The van der Waals surface area contributed by atoms with E-state index in [1.54, 1.807) is 10.7 Å². The van der Waals surface area contributed by atoms with E-state index in [0.29, 0.717) is 10.9 Å². The van der Waals surface area contributed by atoms with Gasteiger partial charge in [0.05, 0.1) is 17.8 Å². The molecular formula is C22H23N3O2. The van der Waals surface area contributed by atoms with Crippen LogP contribution in [0.4, 0.5) is 0 Å². The summed E-state index contributed by atoms with van der Waals surface area (Å²) in [7, 11) is 0. The molecule has 3 aromatic rings. The van der Waals surface area contributed by atoms with Crippen molar-refractivity contribution in [3.63, 3.8) is 0 Å². The minimum Gasteiger partial charge on any atom is -0.348 e. The molecular weight excluding hydrogens is 338 g/mol. The molecule has 2 aromatic carbocycles. The van der Waals surface area contributed by atoms with Crippen molar-refractivity contribution >= 4 is 16.8 Å². The Morgan fingerprint density at radius 2 is 1.93 bits per heavy atom. The molecule has 1 aromatic heterocycles. The lowest BCUT2D eigenvalue weighted by Crippen LogP contribution is -2.31. The molecule has 0 radical (unpaired) electrons. The summed E-state index contributed by atoms with van der Waals surface area (Å²) in [6, 6.07) is 13.7. The van der Waals surface area contributed by atoms with E-state index in [0.717, 1.165) is 18.4 Å². The molecule has 0 aliphatic heterocycles. The highest BCUT2D eigenvalue weighted by molar-refractivity contribution is 5.81. The van der Waals surface area contributed by atoms with E-state index in [9.17, 15) is 9.59 Å². The first-order valence-corrected chi connectivity index (χ1v) is 9.48. The molecule has 5 nitrogen and oxygen atoms in total. The van der Waals surface area contributed by atoms with Gasteiger partial charge in [0, 0.05) is 5.39 Å². The molecule has 0 saturated heterocycles. The van der Waals surface area contributed by atoms with Gasteiger partial charge in [-0.05, 0) is 61.4 Å². The van der Waals surface area contributed by atoms with E-state index in [1.807, 2.05) is 25.1 Å². The minimum absolute atomic E-state index is 0.0737. The Labute approximate surface area is 158 Å².